The molecular weight excluding hydrogens is 516 g/mol. The van der Waals surface area contributed by atoms with Gasteiger partial charge < -0.3 is 25.3 Å². The number of benzene rings is 3. The quantitative estimate of drug-likeness (QED) is 0.243. The van der Waals surface area contributed by atoms with Crippen molar-refractivity contribution < 1.29 is 14.3 Å². The van der Waals surface area contributed by atoms with Crippen LogP contribution in [-0.2, 0) is 33.0 Å². The van der Waals surface area contributed by atoms with Crippen LogP contribution in [0.2, 0.25) is 0 Å². The fraction of sp³-hybridized carbons (Fsp3) is 0.281. The number of unbranched alkanes of at least 4 members (excludes halogenated alkanes) is 1. The molecule has 2 aromatic heterocycles. The summed E-state index contributed by atoms with van der Waals surface area (Å²) in [6, 6.07) is 13.0. The van der Waals surface area contributed by atoms with Gasteiger partial charge in [-0.1, -0.05) is 25.5 Å². The van der Waals surface area contributed by atoms with Crippen molar-refractivity contribution in [3.8, 4) is 16.9 Å². The first-order valence-electron chi connectivity index (χ1n) is 14.1. The number of fused-ring (bicyclic) bond motifs is 10. The van der Waals surface area contributed by atoms with E-state index < -0.39 is 0 Å². The van der Waals surface area contributed by atoms with E-state index in [-0.39, 0.29) is 11.9 Å². The molecule has 0 radical (unpaired) electrons. The number of para-hydroxylation sites is 2. The van der Waals surface area contributed by atoms with Gasteiger partial charge in [0.15, 0.2) is 0 Å². The van der Waals surface area contributed by atoms with Crippen molar-refractivity contribution in [2.45, 2.75) is 45.7 Å². The fourth-order valence-electron chi connectivity index (χ4n) is 6.57. The number of hydrogen-bond acceptors (Lipinski definition) is 4. The number of anilines is 2. The van der Waals surface area contributed by atoms with Crippen LogP contribution in [0.3, 0.4) is 0 Å². The minimum absolute atomic E-state index is 0.0326. The zero-order valence-electron chi connectivity index (χ0n) is 23.4. The molecule has 3 heterocycles. The zero-order chi connectivity index (χ0) is 28.2. The van der Waals surface area contributed by atoms with E-state index in [0.29, 0.717) is 23.7 Å². The summed E-state index contributed by atoms with van der Waals surface area (Å²) < 4.78 is 9.65. The van der Waals surface area contributed by atoms with E-state index >= 15 is 0 Å². The van der Waals surface area contributed by atoms with E-state index in [1.54, 1.807) is 19.2 Å². The van der Waals surface area contributed by atoms with Gasteiger partial charge in [-0.05, 0) is 60.7 Å². The number of methoxy groups -OCH3 is 1. The number of carbonyl (C=O) groups excluding carboxylic acids is 2. The first kappa shape index (κ1) is 25.2. The van der Waals surface area contributed by atoms with E-state index in [2.05, 4.69) is 33.5 Å². The van der Waals surface area contributed by atoms with Gasteiger partial charge in [0, 0.05) is 59.4 Å². The number of amides is 3. The Morgan fingerprint density at radius 2 is 1.95 bits per heavy atom. The normalized spacial score (nSPS) is 13.6. The lowest BCUT2D eigenvalue weighted by Gasteiger charge is -2.21. The summed E-state index contributed by atoms with van der Waals surface area (Å²) in [4.78, 5) is 26.3. The molecule has 1 aliphatic carbocycles. The molecule has 7 rings (SSSR count). The molecule has 0 unspecified atom stereocenters. The third-order valence-corrected chi connectivity index (χ3v) is 8.29. The minimum atomic E-state index is -0.355. The van der Waals surface area contributed by atoms with Crippen molar-refractivity contribution in [2.24, 2.45) is 7.05 Å². The lowest BCUT2D eigenvalue weighted by Crippen LogP contribution is -2.19. The number of rotatable bonds is 6. The molecule has 3 amide bonds. The lowest BCUT2D eigenvalue weighted by molar-refractivity contribution is 0.0966. The van der Waals surface area contributed by atoms with Gasteiger partial charge in [-0.3, -0.25) is 9.48 Å². The van der Waals surface area contributed by atoms with Crippen molar-refractivity contribution in [1.82, 2.24) is 19.7 Å². The highest BCUT2D eigenvalue weighted by atomic mass is 16.5. The summed E-state index contributed by atoms with van der Waals surface area (Å²) in [6.45, 7) is 3.56. The number of carbonyl (C=O) groups is 2. The molecule has 0 saturated heterocycles. The molecule has 0 spiro atoms. The molecule has 5 aromatic rings. The Morgan fingerprint density at radius 1 is 1.10 bits per heavy atom. The maximum absolute atomic E-state index is 13.3. The van der Waals surface area contributed by atoms with Gasteiger partial charge >= 0.3 is 6.03 Å². The van der Waals surface area contributed by atoms with Gasteiger partial charge in [-0.15, -0.1) is 0 Å². The Morgan fingerprint density at radius 3 is 2.78 bits per heavy atom. The van der Waals surface area contributed by atoms with Crippen LogP contribution in [0.15, 0.2) is 48.7 Å². The Balaban J connectivity index is 1.41. The van der Waals surface area contributed by atoms with E-state index in [4.69, 9.17) is 9.84 Å². The lowest BCUT2D eigenvalue weighted by atomic mass is 9.82. The number of nitrogens with one attached hydrogen (secondary N) is 3. The van der Waals surface area contributed by atoms with Gasteiger partial charge in [0.1, 0.15) is 5.75 Å². The van der Waals surface area contributed by atoms with Crippen LogP contribution >= 0.6 is 0 Å². The number of hydrogen-bond donors (Lipinski definition) is 3. The van der Waals surface area contributed by atoms with Gasteiger partial charge in [0.2, 0.25) is 0 Å². The van der Waals surface area contributed by atoms with Crippen LogP contribution in [0.1, 0.15) is 46.9 Å². The Labute approximate surface area is 237 Å². The average molecular weight is 549 g/mol. The van der Waals surface area contributed by atoms with Crippen LogP contribution in [-0.4, -0.2) is 33.4 Å². The molecule has 0 atom stereocenters. The Hall–Kier alpha value is -4.79. The zero-order valence-corrected chi connectivity index (χ0v) is 23.4. The molecule has 3 aromatic carbocycles. The van der Waals surface area contributed by atoms with E-state index in [1.165, 1.54) is 11.1 Å². The van der Waals surface area contributed by atoms with Crippen LogP contribution in [0.25, 0.3) is 32.9 Å². The molecule has 1 aliphatic heterocycles. The number of aryl methyl sites for hydroxylation is 4. The van der Waals surface area contributed by atoms with Crippen molar-refractivity contribution in [3.05, 3.63) is 71.0 Å². The van der Waals surface area contributed by atoms with Gasteiger partial charge in [0.25, 0.3) is 5.91 Å². The smallest absolute Gasteiger partial charge is 0.323 e. The molecule has 9 nitrogen and oxygen atoms in total. The van der Waals surface area contributed by atoms with Crippen molar-refractivity contribution >= 4 is 45.1 Å². The van der Waals surface area contributed by atoms with Crippen molar-refractivity contribution in [3.63, 3.8) is 0 Å². The summed E-state index contributed by atoms with van der Waals surface area (Å²) >= 11 is 0. The minimum Gasteiger partial charge on any atom is -0.495 e. The highest BCUT2D eigenvalue weighted by Crippen LogP contribution is 2.47. The standard InChI is InChI=1S/C32H32N6O3/c1-4-5-14-38-25-13-10-18(34-32(40)35-24-8-6-7-9-26(24)41-3)15-20(25)28-21-16-33-31(39)29(21)27-19(30(28)38)11-12-23-22(27)17-37(2)36-23/h6-10,13,15,17H,4-5,11-12,14,16H2,1-3H3,(H,33,39)(H2,34,35,40). The molecule has 208 valence electrons. The summed E-state index contributed by atoms with van der Waals surface area (Å²) in [6.07, 6.45) is 5.83. The topological polar surface area (TPSA) is 102 Å². The SMILES string of the molecule is CCCCn1c2ccc(NC(=O)Nc3ccccc3OC)cc2c2c3c(c4c(c21)CCc1nn(C)cc1-4)C(=O)NC3. The van der Waals surface area contributed by atoms with E-state index in [0.717, 1.165) is 76.5 Å². The second-order valence-electron chi connectivity index (χ2n) is 10.8. The molecule has 0 saturated carbocycles. The first-order chi connectivity index (χ1) is 20.0. The van der Waals surface area contributed by atoms with Gasteiger partial charge in [-0.25, -0.2) is 4.79 Å². The van der Waals surface area contributed by atoms with Crippen LogP contribution in [0.5, 0.6) is 5.75 Å². The third kappa shape index (κ3) is 3.95. The maximum atomic E-state index is 13.3. The molecule has 3 N–H and O–H groups in total. The molecule has 41 heavy (non-hydrogen) atoms. The summed E-state index contributed by atoms with van der Waals surface area (Å²) in [5.41, 5.74) is 9.72. The van der Waals surface area contributed by atoms with Crippen LogP contribution < -0.4 is 20.7 Å². The molecule has 0 fully saturated rings. The van der Waals surface area contributed by atoms with Crippen LogP contribution in [0.4, 0.5) is 16.2 Å². The highest BCUT2D eigenvalue weighted by molar-refractivity contribution is 6.20. The number of aromatic nitrogens is 3. The second-order valence-corrected chi connectivity index (χ2v) is 10.8. The predicted octanol–water partition coefficient (Wildman–Crippen LogP) is 5.99. The van der Waals surface area contributed by atoms with Crippen molar-refractivity contribution in [1.29, 1.82) is 0 Å². The molecular formula is C32H32N6O3. The molecule has 0 bridgehead atoms. The first-order valence-corrected chi connectivity index (χ1v) is 14.1. The fourth-order valence-corrected chi connectivity index (χ4v) is 6.57. The summed E-state index contributed by atoms with van der Waals surface area (Å²) in [5, 5.41) is 15.8. The second kappa shape index (κ2) is 9.69. The highest BCUT2D eigenvalue weighted by Gasteiger charge is 2.35. The van der Waals surface area contributed by atoms with Crippen molar-refractivity contribution in [2.75, 3.05) is 17.7 Å². The predicted molar refractivity (Wildman–Crippen MR) is 161 cm³/mol. The average Bonchev–Trinajstić information content (AvgIpc) is 3.64. The summed E-state index contributed by atoms with van der Waals surface area (Å²) in [5.74, 6) is 0.557. The monoisotopic (exact) mass is 548 g/mol. The number of urea groups is 1. The number of nitrogens with zero attached hydrogens (tertiary/aromatic N) is 3. The van der Waals surface area contributed by atoms with Gasteiger partial charge in [-0.2, -0.15) is 5.10 Å². The largest absolute Gasteiger partial charge is 0.495 e. The maximum Gasteiger partial charge on any atom is 0.323 e. The Kier molecular flexibility index (Phi) is 5.96. The van der Waals surface area contributed by atoms with Gasteiger partial charge in [0.05, 0.1) is 29.6 Å². The van der Waals surface area contributed by atoms with Crippen LogP contribution in [0, 0.1) is 0 Å². The third-order valence-electron chi connectivity index (χ3n) is 8.29. The molecule has 2 aliphatic rings. The van der Waals surface area contributed by atoms with E-state index in [1.807, 2.05) is 42.2 Å². The Bertz CT molecular complexity index is 1880. The molecule has 9 heteroatoms. The van der Waals surface area contributed by atoms with E-state index in [9.17, 15) is 9.59 Å². The number of ether oxygens (including phenoxy) is 1. The summed E-state index contributed by atoms with van der Waals surface area (Å²) in [7, 11) is 3.51.